The zero-order valence-electron chi connectivity index (χ0n) is 19.5. The molecule has 0 aliphatic carbocycles. The number of nitrogen functional groups attached to an aromatic ring is 1. The van der Waals surface area contributed by atoms with Crippen LogP contribution >= 0.6 is 0 Å². The number of morpholine rings is 1. The molecule has 0 spiro atoms. The van der Waals surface area contributed by atoms with Crippen LogP contribution in [0.25, 0.3) is 11.3 Å². The minimum Gasteiger partial charge on any atom is -0.382 e. The lowest BCUT2D eigenvalue weighted by molar-refractivity contribution is 0.0953. The Balaban J connectivity index is 1.51. The molecule has 1 saturated heterocycles. The Hall–Kier alpha value is -4.03. The van der Waals surface area contributed by atoms with Gasteiger partial charge >= 0.3 is 0 Å². The van der Waals surface area contributed by atoms with Crippen molar-refractivity contribution < 1.29 is 14.3 Å². The Labute approximate surface area is 203 Å². The molecule has 0 atom stereocenters. The molecule has 1 aromatic carbocycles. The fourth-order valence-corrected chi connectivity index (χ4v) is 3.65. The Morgan fingerprint density at radius 1 is 1.06 bits per heavy atom. The lowest BCUT2D eigenvalue weighted by Crippen LogP contribution is -2.36. The highest BCUT2D eigenvalue weighted by molar-refractivity contribution is 6.07. The average Bonchev–Trinajstić information content (AvgIpc) is 2.90. The zero-order chi connectivity index (χ0) is 24.6. The molecular weight excluding hydrogens is 447 g/mol. The van der Waals surface area contributed by atoms with E-state index < -0.39 is 5.91 Å². The van der Waals surface area contributed by atoms with Crippen molar-refractivity contribution >= 4 is 37.0 Å². The minimum absolute atomic E-state index is 0.00756. The Kier molecular flexibility index (Phi) is 7.86. The molecule has 180 valence electrons. The van der Waals surface area contributed by atoms with Gasteiger partial charge in [-0.3, -0.25) is 14.6 Å². The summed E-state index contributed by atoms with van der Waals surface area (Å²) in [7, 11) is 1.82. The van der Waals surface area contributed by atoms with Crippen LogP contribution in [0, 0.1) is 0 Å². The van der Waals surface area contributed by atoms with Gasteiger partial charge in [-0.15, -0.1) is 0 Å². The van der Waals surface area contributed by atoms with Crippen LogP contribution in [0.4, 0.5) is 17.2 Å². The summed E-state index contributed by atoms with van der Waals surface area (Å²) in [4.78, 5) is 40.2. The molecule has 1 aliphatic rings. The lowest BCUT2D eigenvalue weighted by Gasteiger charge is -2.30. The second kappa shape index (κ2) is 11.4. The van der Waals surface area contributed by atoms with Crippen LogP contribution < -0.4 is 26.5 Å². The van der Waals surface area contributed by atoms with Gasteiger partial charge in [-0.1, -0.05) is 12.1 Å². The summed E-state index contributed by atoms with van der Waals surface area (Å²) in [6.07, 6.45) is 4.77. The van der Waals surface area contributed by atoms with Crippen LogP contribution in [0.15, 0.2) is 48.9 Å². The minimum atomic E-state index is -0.486. The predicted molar refractivity (Wildman–Crippen MR) is 136 cm³/mol. The molecule has 3 heterocycles. The highest BCUT2D eigenvalue weighted by Crippen LogP contribution is 2.26. The van der Waals surface area contributed by atoms with Crippen molar-refractivity contribution in [1.29, 1.82) is 0 Å². The second-order valence-electron chi connectivity index (χ2n) is 7.87. The highest BCUT2D eigenvalue weighted by Gasteiger charge is 2.20. The van der Waals surface area contributed by atoms with Crippen molar-refractivity contribution in [3.05, 3.63) is 60.2 Å². The van der Waals surface area contributed by atoms with Crippen LogP contribution in [0.3, 0.4) is 0 Å². The number of nitrogens with zero attached hydrogens (tertiary/aromatic N) is 4. The van der Waals surface area contributed by atoms with Gasteiger partial charge in [0.2, 0.25) is 0 Å². The smallest absolute Gasteiger partial charge is 0.278 e. The number of anilines is 3. The number of carbonyl (C=O) groups excluding carboxylic acids is 2. The van der Waals surface area contributed by atoms with Gasteiger partial charge in [0.15, 0.2) is 19.5 Å². The first kappa shape index (κ1) is 24.1. The summed E-state index contributed by atoms with van der Waals surface area (Å²) in [5, 5.41) is 8.67. The molecule has 11 nitrogen and oxygen atoms in total. The predicted octanol–water partition coefficient (Wildman–Crippen LogP) is 0.0772. The van der Waals surface area contributed by atoms with E-state index in [0.717, 1.165) is 5.69 Å². The van der Waals surface area contributed by atoms with E-state index in [2.05, 4.69) is 35.7 Å². The van der Waals surface area contributed by atoms with Gasteiger partial charge in [0.25, 0.3) is 11.8 Å². The zero-order valence-corrected chi connectivity index (χ0v) is 19.5. The Morgan fingerprint density at radius 3 is 2.57 bits per heavy atom. The molecule has 1 aliphatic heterocycles. The van der Waals surface area contributed by atoms with Crippen molar-refractivity contribution in [1.82, 2.24) is 25.5 Å². The number of nitrogens with one attached hydrogen (secondary N) is 3. The topological polar surface area (TPSA) is 147 Å². The van der Waals surface area contributed by atoms with Crippen molar-refractivity contribution in [2.45, 2.75) is 0 Å². The summed E-state index contributed by atoms with van der Waals surface area (Å²) in [6.45, 7) is 3.88. The first-order valence-corrected chi connectivity index (χ1v) is 11.3. The van der Waals surface area contributed by atoms with E-state index in [-0.39, 0.29) is 17.4 Å². The van der Waals surface area contributed by atoms with E-state index in [1.807, 2.05) is 14.0 Å². The standard InChI is InChI=1S/C23H27BN8O3/c24-29-8-7-27-22(33)16-3-1-15(2-4-16)17-14-28-21(25)20(30-17)23(34)31-18-13-26-6-5-19(18)32-9-11-35-12-10-32/h1-6,13-14,29H,7-12,24H2,(H2,25,28)(H,27,33)(H,31,34). The molecule has 3 aromatic rings. The summed E-state index contributed by atoms with van der Waals surface area (Å²) in [6, 6.07) is 8.76. The van der Waals surface area contributed by atoms with Crippen LogP contribution in [-0.4, -0.2) is 74.1 Å². The molecule has 2 amide bonds. The number of aromatic nitrogens is 3. The maximum Gasteiger partial charge on any atom is 0.278 e. The molecule has 35 heavy (non-hydrogen) atoms. The quantitative estimate of drug-likeness (QED) is 0.263. The Morgan fingerprint density at radius 2 is 1.83 bits per heavy atom. The Bertz CT molecular complexity index is 1190. The number of ether oxygens (including phenoxy) is 1. The normalized spacial score (nSPS) is 13.3. The van der Waals surface area contributed by atoms with Crippen molar-refractivity contribution in [2.75, 3.05) is 55.3 Å². The molecular formula is C23H27BN8O3. The SMILES string of the molecule is BNCCNC(=O)c1ccc(-c2cnc(N)c(C(=O)Nc3cnccc3N3CCOCC3)n2)cc1. The maximum absolute atomic E-state index is 13.1. The van der Waals surface area contributed by atoms with Crippen molar-refractivity contribution in [2.24, 2.45) is 0 Å². The highest BCUT2D eigenvalue weighted by atomic mass is 16.5. The van der Waals surface area contributed by atoms with Crippen molar-refractivity contribution in [3.8, 4) is 11.3 Å². The number of benzene rings is 1. The van der Waals surface area contributed by atoms with E-state index in [0.29, 0.717) is 61.9 Å². The van der Waals surface area contributed by atoms with Crippen LogP contribution in [-0.2, 0) is 4.74 Å². The molecule has 0 saturated carbocycles. The molecule has 0 unspecified atom stereocenters. The van der Waals surface area contributed by atoms with Crippen molar-refractivity contribution in [3.63, 3.8) is 0 Å². The van der Waals surface area contributed by atoms with Gasteiger partial charge in [-0.2, -0.15) is 0 Å². The summed E-state index contributed by atoms with van der Waals surface area (Å²) < 4.78 is 5.42. The molecule has 2 aromatic heterocycles. The van der Waals surface area contributed by atoms with E-state index in [9.17, 15) is 9.59 Å². The second-order valence-corrected chi connectivity index (χ2v) is 7.87. The third-order valence-corrected chi connectivity index (χ3v) is 5.52. The fourth-order valence-electron chi connectivity index (χ4n) is 3.65. The maximum atomic E-state index is 13.1. The third-order valence-electron chi connectivity index (χ3n) is 5.52. The number of amides is 2. The number of pyridine rings is 1. The number of hydrogen-bond acceptors (Lipinski definition) is 9. The number of hydrogen-bond donors (Lipinski definition) is 4. The van der Waals surface area contributed by atoms with E-state index in [1.165, 1.54) is 6.20 Å². The largest absolute Gasteiger partial charge is 0.382 e. The molecule has 5 N–H and O–H groups in total. The van der Waals surface area contributed by atoms with Crippen LogP contribution in [0.2, 0.25) is 0 Å². The average molecular weight is 474 g/mol. The van der Waals surface area contributed by atoms with E-state index >= 15 is 0 Å². The number of rotatable bonds is 8. The first-order valence-electron chi connectivity index (χ1n) is 11.3. The van der Waals surface area contributed by atoms with Gasteiger partial charge < -0.3 is 31.2 Å². The van der Waals surface area contributed by atoms with Gasteiger partial charge in [0.05, 0.1) is 42.7 Å². The number of nitrogens with two attached hydrogens (primary N) is 1. The molecule has 0 radical (unpaired) electrons. The molecule has 0 bridgehead atoms. The summed E-state index contributed by atoms with van der Waals surface area (Å²) >= 11 is 0. The molecule has 4 rings (SSSR count). The summed E-state index contributed by atoms with van der Waals surface area (Å²) in [5.41, 5.74) is 9.10. The van der Waals surface area contributed by atoms with E-state index in [1.54, 1.807) is 36.7 Å². The fraction of sp³-hybridized carbons (Fsp3) is 0.261. The van der Waals surface area contributed by atoms with Gasteiger partial charge in [-0.25, -0.2) is 9.97 Å². The molecule has 12 heteroatoms. The van der Waals surface area contributed by atoms with Crippen LogP contribution in [0.1, 0.15) is 20.8 Å². The van der Waals surface area contributed by atoms with Gasteiger partial charge in [-0.05, 0) is 18.2 Å². The van der Waals surface area contributed by atoms with Crippen LogP contribution in [0.5, 0.6) is 0 Å². The van der Waals surface area contributed by atoms with Gasteiger partial charge in [0.1, 0.15) is 0 Å². The van der Waals surface area contributed by atoms with E-state index in [4.69, 9.17) is 10.5 Å². The number of carbonyl (C=O) groups is 2. The monoisotopic (exact) mass is 474 g/mol. The van der Waals surface area contributed by atoms with Gasteiger partial charge in [0, 0.05) is 43.5 Å². The molecule has 1 fully saturated rings. The lowest BCUT2D eigenvalue weighted by atomic mass is 10.1. The third kappa shape index (κ3) is 5.92. The first-order chi connectivity index (χ1) is 17.1. The summed E-state index contributed by atoms with van der Waals surface area (Å²) in [5.74, 6) is -0.633.